The molecule has 2 aromatic rings. The van der Waals surface area contributed by atoms with Crippen LogP contribution in [0.5, 0.6) is 5.75 Å². The molecule has 2 N–H and O–H groups in total. The molecule has 0 bridgehead atoms. The van der Waals surface area contributed by atoms with Crippen molar-refractivity contribution in [3.05, 3.63) is 53.3 Å². The van der Waals surface area contributed by atoms with Gasteiger partial charge in [0.25, 0.3) is 5.91 Å². The monoisotopic (exact) mass is 531 g/mol. The van der Waals surface area contributed by atoms with E-state index in [0.717, 1.165) is 10.8 Å². The number of hydrogen-bond donors (Lipinski definition) is 2. The number of nitrogens with one attached hydrogen (secondary N) is 2. The van der Waals surface area contributed by atoms with Gasteiger partial charge >= 0.3 is 0 Å². The molecule has 1 aliphatic rings. The van der Waals surface area contributed by atoms with Crippen molar-refractivity contribution in [1.29, 1.82) is 0 Å². The lowest BCUT2D eigenvalue weighted by atomic mass is 10.1. The highest BCUT2D eigenvalue weighted by Crippen LogP contribution is 2.33. The Hall–Kier alpha value is -2.07. The molecule has 1 unspecified atom stereocenters. The SMILES string of the molecule is O=C(CN1CC(C(=O)NCCCI)Oc2ccccc21)Nc1cc(Cl)ccc1F. The largest absolute Gasteiger partial charge is 0.477 e. The molecular weight excluding hydrogens is 512 g/mol. The molecule has 0 saturated carbocycles. The fraction of sp³-hybridized carbons (Fsp3) is 0.300. The molecule has 2 aromatic carbocycles. The number of anilines is 2. The number of halogens is 3. The van der Waals surface area contributed by atoms with Crippen LogP contribution >= 0.6 is 34.2 Å². The Morgan fingerprint density at radius 1 is 1.28 bits per heavy atom. The van der Waals surface area contributed by atoms with Crippen molar-refractivity contribution in [3.8, 4) is 5.75 Å². The molecule has 0 saturated heterocycles. The number of benzene rings is 2. The van der Waals surface area contributed by atoms with Crippen molar-refractivity contribution in [2.45, 2.75) is 12.5 Å². The Labute approximate surface area is 186 Å². The van der Waals surface area contributed by atoms with Crippen molar-refractivity contribution < 1.29 is 18.7 Å². The van der Waals surface area contributed by atoms with Crippen LogP contribution in [0.1, 0.15) is 6.42 Å². The Bertz CT molecular complexity index is 899. The molecule has 3 rings (SSSR count). The zero-order valence-corrected chi connectivity index (χ0v) is 18.4. The zero-order valence-electron chi connectivity index (χ0n) is 15.5. The van der Waals surface area contributed by atoms with Gasteiger partial charge < -0.3 is 20.3 Å². The third-order valence-corrected chi connectivity index (χ3v) is 5.30. The van der Waals surface area contributed by atoms with Crippen LogP contribution in [0, 0.1) is 5.82 Å². The normalized spacial score (nSPS) is 15.3. The van der Waals surface area contributed by atoms with E-state index in [4.69, 9.17) is 16.3 Å². The summed E-state index contributed by atoms with van der Waals surface area (Å²) in [4.78, 5) is 26.7. The maximum atomic E-state index is 13.9. The van der Waals surface area contributed by atoms with Crippen molar-refractivity contribution in [2.75, 3.05) is 34.3 Å². The predicted octanol–water partition coefficient (Wildman–Crippen LogP) is 3.63. The van der Waals surface area contributed by atoms with Crippen molar-refractivity contribution in [3.63, 3.8) is 0 Å². The predicted molar refractivity (Wildman–Crippen MR) is 120 cm³/mol. The number of nitrogens with zero attached hydrogens (tertiary/aromatic N) is 1. The van der Waals surface area contributed by atoms with E-state index in [1.54, 1.807) is 17.0 Å². The summed E-state index contributed by atoms with van der Waals surface area (Å²) in [5.41, 5.74) is 0.711. The topological polar surface area (TPSA) is 70.7 Å². The first-order chi connectivity index (χ1) is 14.0. The Balaban J connectivity index is 1.72. The second-order valence-corrected chi connectivity index (χ2v) is 7.98. The van der Waals surface area contributed by atoms with Crippen LogP contribution in [0.4, 0.5) is 15.8 Å². The molecule has 0 spiro atoms. The molecule has 0 aliphatic carbocycles. The van der Waals surface area contributed by atoms with Gasteiger partial charge in [0.05, 0.1) is 24.5 Å². The number of fused-ring (bicyclic) bond motifs is 1. The molecule has 0 fully saturated rings. The summed E-state index contributed by atoms with van der Waals surface area (Å²) in [5, 5.41) is 5.71. The van der Waals surface area contributed by atoms with Gasteiger partial charge in [-0.1, -0.05) is 46.3 Å². The zero-order chi connectivity index (χ0) is 20.8. The summed E-state index contributed by atoms with van der Waals surface area (Å²) >= 11 is 8.12. The smallest absolute Gasteiger partial charge is 0.262 e. The van der Waals surface area contributed by atoms with E-state index in [1.165, 1.54) is 18.2 Å². The van der Waals surface area contributed by atoms with Gasteiger partial charge in [0.1, 0.15) is 11.6 Å². The lowest BCUT2D eigenvalue weighted by molar-refractivity contribution is -0.128. The molecule has 154 valence electrons. The summed E-state index contributed by atoms with van der Waals surface area (Å²) in [6.45, 7) is 0.709. The van der Waals surface area contributed by atoms with Crippen LogP contribution in [0.2, 0.25) is 5.02 Å². The number of rotatable bonds is 7. The van der Waals surface area contributed by atoms with E-state index in [1.807, 2.05) is 12.1 Å². The van der Waals surface area contributed by atoms with Gasteiger partial charge in [0.2, 0.25) is 5.91 Å². The highest BCUT2D eigenvalue weighted by atomic mass is 127. The quantitative estimate of drug-likeness (QED) is 0.325. The number of hydrogen-bond acceptors (Lipinski definition) is 4. The van der Waals surface area contributed by atoms with Gasteiger partial charge in [0.15, 0.2) is 6.10 Å². The average Bonchev–Trinajstić information content (AvgIpc) is 2.70. The molecule has 2 amide bonds. The average molecular weight is 532 g/mol. The van der Waals surface area contributed by atoms with E-state index >= 15 is 0 Å². The Kier molecular flexibility index (Phi) is 7.54. The molecular formula is C20H20ClFIN3O3. The van der Waals surface area contributed by atoms with Gasteiger partial charge in [-0.2, -0.15) is 0 Å². The fourth-order valence-corrected chi connectivity index (χ4v) is 3.50. The minimum Gasteiger partial charge on any atom is -0.477 e. The Morgan fingerprint density at radius 3 is 2.86 bits per heavy atom. The van der Waals surface area contributed by atoms with Crippen LogP contribution in [-0.4, -0.2) is 42.0 Å². The van der Waals surface area contributed by atoms with Gasteiger partial charge in [0, 0.05) is 16.0 Å². The van der Waals surface area contributed by atoms with Gasteiger partial charge in [-0.05, 0) is 36.8 Å². The maximum Gasteiger partial charge on any atom is 0.262 e. The van der Waals surface area contributed by atoms with Crippen LogP contribution in [0.15, 0.2) is 42.5 Å². The summed E-state index contributed by atoms with van der Waals surface area (Å²) < 4.78 is 20.7. The number of carbonyl (C=O) groups excluding carboxylic acids is 2. The summed E-state index contributed by atoms with van der Waals surface area (Å²) in [7, 11) is 0. The van der Waals surface area contributed by atoms with Crippen molar-refractivity contribution in [2.24, 2.45) is 0 Å². The summed E-state index contributed by atoms with van der Waals surface area (Å²) in [6, 6.07) is 11.1. The highest BCUT2D eigenvalue weighted by molar-refractivity contribution is 14.1. The van der Waals surface area contributed by atoms with Gasteiger partial charge in [-0.15, -0.1) is 0 Å². The first kappa shape index (κ1) is 21.6. The van der Waals surface area contributed by atoms with Crippen LogP contribution < -0.4 is 20.3 Å². The highest BCUT2D eigenvalue weighted by Gasteiger charge is 2.31. The van der Waals surface area contributed by atoms with Crippen molar-refractivity contribution >= 4 is 57.4 Å². The van der Waals surface area contributed by atoms with Crippen LogP contribution in [-0.2, 0) is 9.59 Å². The molecule has 1 heterocycles. The number of alkyl halides is 1. The second kappa shape index (κ2) is 10.1. The minimum atomic E-state index is -0.741. The van der Waals surface area contributed by atoms with Gasteiger partial charge in [-0.25, -0.2) is 4.39 Å². The summed E-state index contributed by atoms with van der Waals surface area (Å²) in [5.74, 6) is -0.699. The first-order valence-electron chi connectivity index (χ1n) is 9.07. The number of amides is 2. The standard InChI is InChI=1S/C20H20ClFIN3O3/c21-13-6-7-14(22)15(10-13)25-19(27)12-26-11-18(20(28)24-9-3-8-23)29-17-5-2-1-4-16(17)26/h1-2,4-7,10,18H,3,8-9,11-12H2,(H,24,28)(H,25,27). The molecule has 0 radical (unpaired) electrons. The van der Waals surface area contributed by atoms with Gasteiger partial charge in [-0.3, -0.25) is 9.59 Å². The third kappa shape index (κ3) is 5.72. The third-order valence-electron chi connectivity index (χ3n) is 4.30. The van der Waals surface area contributed by atoms with E-state index in [9.17, 15) is 14.0 Å². The van der Waals surface area contributed by atoms with Crippen LogP contribution in [0.3, 0.4) is 0 Å². The van der Waals surface area contributed by atoms with E-state index < -0.39 is 17.8 Å². The number of carbonyl (C=O) groups is 2. The second-order valence-electron chi connectivity index (χ2n) is 6.46. The van der Waals surface area contributed by atoms with Crippen molar-refractivity contribution in [1.82, 2.24) is 5.32 Å². The minimum absolute atomic E-state index is 0.0112. The van der Waals surface area contributed by atoms with Crippen LogP contribution in [0.25, 0.3) is 0 Å². The fourth-order valence-electron chi connectivity index (χ4n) is 2.94. The maximum absolute atomic E-state index is 13.9. The lowest BCUT2D eigenvalue weighted by Gasteiger charge is -2.35. The van der Waals surface area contributed by atoms with E-state index in [0.29, 0.717) is 23.0 Å². The van der Waals surface area contributed by atoms with E-state index in [2.05, 4.69) is 33.2 Å². The molecule has 29 heavy (non-hydrogen) atoms. The molecule has 9 heteroatoms. The molecule has 6 nitrogen and oxygen atoms in total. The summed E-state index contributed by atoms with van der Waals surface area (Å²) in [6.07, 6.45) is 0.127. The lowest BCUT2D eigenvalue weighted by Crippen LogP contribution is -2.50. The Morgan fingerprint density at radius 2 is 2.07 bits per heavy atom. The number of ether oxygens (including phenoxy) is 1. The molecule has 1 aliphatic heterocycles. The molecule has 0 aromatic heterocycles. The first-order valence-corrected chi connectivity index (χ1v) is 11.0. The van der Waals surface area contributed by atoms with E-state index in [-0.39, 0.29) is 24.7 Å². The molecule has 1 atom stereocenters. The number of para-hydroxylation sites is 2.